The fourth-order valence-corrected chi connectivity index (χ4v) is 3.19. The second-order valence-electron chi connectivity index (χ2n) is 6.64. The molecule has 1 unspecified atom stereocenters. The highest BCUT2D eigenvalue weighted by Gasteiger charge is 2.46. The number of carbonyl (C=O) groups is 1. The number of benzene rings is 1. The zero-order valence-electron chi connectivity index (χ0n) is 14.2. The fourth-order valence-electron chi connectivity index (χ4n) is 3.19. The molecule has 1 atom stereocenters. The maximum atomic E-state index is 12.2. The van der Waals surface area contributed by atoms with E-state index in [1.54, 1.807) is 41.0 Å². The topological polar surface area (TPSA) is 99.3 Å². The molecule has 1 aromatic carbocycles. The molecule has 0 saturated heterocycles. The summed E-state index contributed by atoms with van der Waals surface area (Å²) in [6, 6.07) is 8.43. The summed E-state index contributed by atoms with van der Waals surface area (Å²) in [5.41, 5.74) is 0.137. The monoisotopic (exact) mass is 354 g/mol. The lowest BCUT2D eigenvalue weighted by molar-refractivity contribution is -0.563. The molecule has 0 radical (unpaired) electrons. The third kappa shape index (κ3) is 2.83. The molecule has 26 heavy (non-hydrogen) atoms. The Labute approximate surface area is 149 Å². The molecule has 8 nitrogen and oxygen atoms in total. The van der Waals surface area contributed by atoms with Crippen molar-refractivity contribution >= 4 is 12.2 Å². The van der Waals surface area contributed by atoms with Crippen molar-refractivity contribution in [2.75, 3.05) is 0 Å². The molecule has 2 heterocycles. The number of nitrogens with zero attached hydrogens (tertiary/aromatic N) is 3. The van der Waals surface area contributed by atoms with Crippen LogP contribution in [-0.2, 0) is 6.54 Å². The molecule has 1 aliphatic heterocycles. The number of imidazole rings is 1. The van der Waals surface area contributed by atoms with Crippen molar-refractivity contribution in [3.8, 4) is 5.75 Å². The average Bonchev–Trinajstić information content (AvgIpc) is 3.41. The van der Waals surface area contributed by atoms with E-state index in [4.69, 9.17) is 4.74 Å². The van der Waals surface area contributed by atoms with Gasteiger partial charge in [0.25, 0.3) is 0 Å². The van der Waals surface area contributed by atoms with Crippen LogP contribution in [0.1, 0.15) is 36.0 Å². The van der Waals surface area contributed by atoms with Crippen LogP contribution >= 0.6 is 0 Å². The van der Waals surface area contributed by atoms with Gasteiger partial charge in [-0.15, -0.1) is 0 Å². The number of hydrogen-bond donors (Lipinski definition) is 1. The van der Waals surface area contributed by atoms with Crippen LogP contribution in [0.3, 0.4) is 0 Å². The van der Waals surface area contributed by atoms with E-state index < -0.39 is 16.7 Å². The number of fused-ring (bicyclic) bond motifs is 1. The van der Waals surface area contributed by atoms with E-state index in [1.165, 1.54) is 6.08 Å². The standard InChI is InChI=1S/C18H18N4O4/c1-12-16(13-7-8-13)19-15-9-10-18(22(24)25,11-21(12)15)20-17(23)26-14-5-3-2-4-6-14/h2-6,9-10,13H,7-8,11H2,1H3,(H,20,23). The maximum Gasteiger partial charge on any atom is 0.418 e. The van der Waals surface area contributed by atoms with Crippen molar-refractivity contribution in [2.24, 2.45) is 0 Å². The molecule has 1 amide bonds. The van der Waals surface area contributed by atoms with E-state index in [9.17, 15) is 14.9 Å². The molecule has 1 fully saturated rings. The third-order valence-corrected chi connectivity index (χ3v) is 4.76. The van der Waals surface area contributed by atoms with Gasteiger partial charge in [0.2, 0.25) is 0 Å². The van der Waals surface area contributed by atoms with Gasteiger partial charge < -0.3 is 9.30 Å². The second-order valence-corrected chi connectivity index (χ2v) is 6.64. The first-order valence-corrected chi connectivity index (χ1v) is 8.44. The number of carbonyl (C=O) groups excluding carboxylic acids is 1. The number of nitrogens with one attached hydrogen (secondary N) is 1. The Bertz CT molecular complexity index is 901. The van der Waals surface area contributed by atoms with Crippen LogP contribution in [0, 0.1) is 17.0 Å². The number of aromatic nitrogens is 2. The lowest BCUT2D eigenvalue weighted by Crippen LogP contribution is -2.57. The molecule has 1 aliphatic carbocycles. The van der Waals surface area contributed by atoms with Crippen LogP contribution in [0.2, 0.25) is 0 Å². The van der Waals surface area contributed by atoms with Gasteiger partial charge in [-0.3, -0.25) is 15.4 Å². The number of nitro groups is 1. The van der Waals surface area contributed by atoms with E-state index in [0.717, 1.165) is 24.2 Å². The van der Waals surface area contributed by atoms with Crippen molar-refractivity contribution in [3.63, 3.8) is 0 Å². The fraction of sp³-hybridized carbons (Fsp3) is 0.333. The highest BCUT2D eigenvalue weighted by molar-refractivity contribution is 5.72. The molecule has 134 valence electrons. The Hall–Kier alpha value is -3.16. The predicted octanol–water partition coefficient (Wildman–Crippen LogP) is 2.86. The van der Waals surface area contributed by atoms with E-state index >= 15 is 0 Å². The first kappa shape index (κ1) is 16.3. The van der Waals surface area contributed by atoms with Crippen LogP contribution in [0.5, 0.6) is 5.75 Å². The van der Waals surface area contributed by atoms with Crippen LogP contribution < -0.4 is 10.1 Å². The van der Waals surface area contributed by atoms with Gasteiger partial charge in [0.1, 0.15) is 18.1 Å². The van der Waals surface area contributed by atoms with Gasteiger partial charge in [-0.1, -0.05) is 18.2 Å². The van der Waals surface area contributed by atoms with Crippen molar-refractivity contribution in [3.05, 3.63) is 63.7 Å². The highest BCUT2D eigenvalue weighted by atomic mass is 16.6. The summed E-state index contributed by atoms with van der Waals surface area (Å²) in [6.45, 7) is 1.89. The molecular formula is C18H18N4O4. The number of ether oxygens (including phenoxy) is 1. The van der Waals surface area contributed by atoms with Gasteiger partial charge in [-0.05, 0) is 38.0 Å². The minimum Gasteiger partial charge on any atom is -0.410 e. The van der Waals surface area contributed by atoms with Gasteiger partial charge in [-0.25, -0.2) is 9.78 Å². The minimum absolute atomic E-state index is 0.0265. The molecule has 0 spiro atoms. The summed E-state index contributed by atoms with van der Waals surface area (Å²) in [5, 5.41) is 14.2. The van der Waals surface area contributed by atoms with Gasteiger partial charge in [0.15, 0.2) is 0 Å². The van der Waals surface area contributed by atoms with Crippen molar-refractivity contribution in [1.29, 1.82) is 0 Å². The molecule has 2 aromatic rings. The quantitative estimate of drug-likeness (QED) is 0.517. The Kier molecular flexibility index (Phi) is 3.75. The van der Waals surface area contributed by atoms with Crippen molar-refractivity contribution in [1.82, 2.24) is 14.9 Å². The highest BCUT2D eigenvalue weighted by Crippen LogP contribution is 2.42. The minimum atomic E-state index is -1.77. The van der Waals surface area contributed by atoms with Crippen LogP contribution in [0.15, 0.2) is 36.4 Å². The molecule has 1 aromatic heterocycles. The van der Waals surface area contributed by atoms with Crippen LogP contribution in [0.4, 0.5) is 4.79 Å². The van der Waals surface area contributed by atoms with Crippen LogP contribution in [-0.4, -0.2) is 26.2 Å². The van der Waals surface area contributed by atoms with Crippen LogP contribution in [0.25, 0.3) is 6.08 Å². The maximum absolute atomic E-state index is 12.2. The molecule has 1 N–H and O–H groups in total. The molecule has 2 aliphatic rings. The van der Waals surface area contributed by atoms with E-state index in [-0.39, 0.29) is 6.54 Å². The third-order valence-electron chi connectivity index (χ3n) is 4.76. The Morgan fingerprint density at radius 3 is 2.77 bits per heavy atom. The zero-order valence-corrected chi connectivity index (χ0v) is 14.2. The smallest absolute Gasteiger partial charge is 0.410 e. The number of amides is 1. The van der Waals surface area contributed by atoms with Gasteiger partial charge in [0, 0.05) is 17.7 Å². The first-order chi connectivity index (χ1) is 12.5. The number of para-hydroxylation sites is 1. The normalized spacial score (nSPS) is 21.1. The van der Waals surface area contributed by atoms with E-state index in [0.29, 0.717) is 17.5 Å². The molecule has 8 heteroatoms. The SMILES string of the molecule is Cc1c(C2CC2)nc2n1CC(NC(=O)Oc1ccccc1)([N+](=O)[O-])C=C2. The number of rotatable bonds is 4. The van der Waals surface area contributed by atoms with Crippen molar-refractivity contribution < 1.29 is 14.5 Å². The summed E-state index contributed by atoms with van der Waals surface area (Å²) in [7, 11) is 0. The lowest BCUT2D eigenvalue weighted by atomic mass is 10.1. The number of hydrogen-bond acceptors (Lipinski definition) is 5. The zero-order chi connectivity index (χ0) is 18.3. The predicted molar refractivity (Wildman–Crippen MR) is 93.3 cm³/mol. The Morgan fingerprint density at radius 1 is 1.38 bits per heavy atom. The van der Waals surface area contributed by atoms with Gasteiger partial charge >= 0.3 is 11.8 Å². The molecule has 4 rings (SSSR count). The summed E-state index contributed by atoms with van der Waals surface area (Å²) in [5.74, 6) is 1.45. The Balaban J connectivity index is 1.58. The summed E-state index contributed by atoms with van der Waals surface area (Å²) < 4.78 is 6.94. The largest absolute Gasteiger partial charge is 0.418 e. The second kappa shape index (κ2) is 5.98. The first-order valence-electron chi connectivity index (χ1n) is 8.44. The lowest BCUT2D eigenvalue weighted by Gasteiger charge is -2.27. The summed E-state index contributed by atoms with van der Waals surface area (Å²) >= 11 is 0. The van der Waals surface area contributed by atoms with E-state index in [1.807, 2.05) is 6.92 Å². The summed E-state index contributed by atoms with van der Waals surface area (Å²) in [6.07, 6.45) is 4.29. The molecule has 0 bridgehead atoms. The van der Waals surface area contributed by atoms with E-state index in [2.05, 4.69) is 10.3 Å². The molecule has 1 saturated carbocycles. The van der Waals surface area contributed by atoms with Gasteiger partial charge in [0.05, 0.1) is 10.6 Å². The Morgan fingerprint density at radius 2 is 2.12 bits per heavy atom. The molecular weight excluding hydrogens is 336 g/mol. The summed E-state index contributed by atoms with van der Waals surface area (Å²) in [4.78, 5) is 28.1. The van der Waals surface area contributed by atoms with Crippen molar-refractivity contribution in [2.45, 2.75) is 37.9 Å². The van der Waals surface area contributed by atoms with Gasteiger partial charge in [-0.2, -0.15) is 0 Å². The average molecular weight is 354 g/mol.